The molecule has 1 aromatic heterocycles. The quantitative estimate of drug-likeness (QED) is 0.759. The lowest BCUT2D eigenvalue weighted by molar-refractivity contribution is -0.142. The van der Waals surface area contributed by atoms with E-state index in [0.717, 1.165) is 41.5 Å². The fourth-order valence-electron chi connectivity index (χ4n) is 3.53. The number of aromatic nitrogens is 1. The second-order valence-corrected chi connectivity index (χ2v) is 8.08. The topological polar surface area (TPSA) is 109 Å². The van der Waals surface area contributed by atoms with Crippen LogP contribution in [0.25, 0.3) is 10.8 Å². The van der Waals surface area contributed by atoms with Crippen LogP contribution in [0.4, 0.5) is 4.79 Å². The molecule has 1 amide bonds. The number of nitrogens with one attached hydrogen (secondary N) is 1. The van der Waals surface area contributed by atoms with E-state index in [1.54, 1.807) is 27.0 Å². The van der Waals surface area contributed by atoms with Crippen molar-refractivity contribution in [3.63, 3.8) is 0 Å². The van der Waals surface area contributed by atoms with Gasteiger partial charge in [-0.3, -0.25) is 9.69 Å². The first-order chi connectivity index (χ1) is 13.7. The van der Waals surface area contributed by atoms with Crippen LogP contribution in [-0.2, 0) is 16.0 Å². The fourth-order valence-corrected chi connectivity index (χ4v) is 3.53. The van der Waals surface area contributed by atoms with E-state index in [0.29, 0.717) is 13.0 Å². The van der Waals surface area contributed by atoms with Crippen LogP contribution in [-0.4, -0.2) is 51.8 Å². The van der Waals surface area contributed by atoms with Crippen LogP contribution in [0.2, 0.25) is 0 Å². The fraction of sp³-hybridized carbons (Fsp3) is 0.476. The Morgan fingerprint density at radius 3 is 2.69 bits per heavy atom. The Morgan fingerprint density at radius 2 is 2.00 bits per heavy atom. The highest BCUT2D eigenvalue weighted by Crippen LogP contribution is 2.30. The predicted molar refractivity (Wildman–Crippen MR) is 107 cm³/mol. The molecular weight excluding hydrogens is 376 g/mol. The van der Waals surface area contributed by atoms with Gasteiger partial charge in [0.15, 0.2) is 0 Å². The van der Waals surface area contributed by atoms with Crippen molar-refractivity contribution in [3.05, 3.63) is 40.3 Å². The van der Waals surface area contributed by atoms with Gasteiger partial charge in [0.1, 0.15) is 17.4 Å². The van der Waals surface area contributed by atoms with Gasteiger partial charge in [-0.2, -0.15) is 0 Å². The molecule has 156 valence electrons. The first-order valence-corrected chi connectivity index (χ1v) is 9.66. The molecule has 3 heterocycles. The predicted octanol–water partition coefficient (Wildman–Crippen LogP) is 2.93. The van der Waals surface area contributed by atoms with Gasteiger partial charge in [0.25, 0.3) is 5.56 Å². The number of aliphatic carboxylic acids is 1. The average molecular weight is 402 g/mol. The van der Waals surface area contributed by atoms with Crippen LogP contribution in [0.15, 0.2) is 29.2 Å². The lowest BCUT2D eigenvalue weighted by atomic mass is 10.0. The van der Waals surface area contributed by atoms with Crippen LogP contribution < -0.4 is 10.3 Å². The van der Waals surface area contributed by atoms with Crippen LogP contribution in [0, 0.1) is 0 Å². The highest BCUT2D eigenvalue weighted by molar-refractivity contribution is 5.87. The molecule has 29 heavy (non-hydrogen) atoms. The number of nitrogens with zero attached hydrogens (tertiary/aromatic N) is 1. The molecule has 2 aromatic rings. The van der Waals surface area contributed by atoms with Crippen molar-refractivity contribution in [1.29, 1.82) is 0 Å². The summed E-state index contributed by atoms with van der Waals surface area (Å²) >= 11 is 0. The number of H-pyrrole nitrogens is 1. The van der Waals surface area contributed by atoms with E-state index in [2.05, 4.69) is 4.98 Å². The van der Waals surface area contributed by atoms with Crippen molar-refractivity contribution >= 4 is 22.8 Å². The standard InChI is InChI=1S/C11H9NO2.C10H17NO4/c13-11-9-1-2-10-8(4-6-14-10)7(9)3-5-12-11;1-10(2,3)15-9(14)11-6-4-5-7(11)8(12)13/h1-3,5H,4,6H2,(H,12,13);7H,4-6H2,1-3H3,(H,12,13). The van der Waals surface area contributed by atoms with Crippen molar-refractivity contribution in [1.82, 2.24) is 9.88 Å². The summed E-state index contributed by atoms with van der Waals surface area (Å²) in [6.45, 7) is 6.47. The van der Waals surface area contributed by atoms with Crippen molar-refractivity contribution in [3.8, 4) is 5.75 Å². The van der Waals surface area contributed by atoms with Crippen molar-refractivity contribution in [2.45, 2.75) is 51.7 Å². The smallest absolute Gasteiger partial charge is 0.411 e. The molecule has 0 bridgehead atoms. The lowest BCUT2D eigenvalue weighted by Crippen LogP contribution is -2.43. The maximum Gasteiger partial charge on any atom is 0.411 e. The van der Waals surface area contributed by atoms with Gasteiger partial charge in [0, 0.05) is 30.1 Å². The van der Waals surface area contributed by atoms with Gasteiger partial charge in [-0.1, -0.05) is 0 Å². The maximum absolute atomic E-state index is 11.6. The molecule has 4 rings (SSSR count). The molecule has 0 spiro atoms. The second kappa shape index (κ2) is 8.14. The number of likely N-dealkylation sites (tertiary alicyclic amines) is 1. The van der Waals surface area contributed by atoms with Gasteiger partial charge in [-0.05, 0) is 57.2 Å². The van der Waals surface area contributed by atoms with Gasteiger partial charge in [0.2, 0.25) is 0 Å². The first kappa shape index (κ1) is 20.7. The number of hydrogen-bond acceptors (Lipinski definition) is 5. The molecule has 1 atom stereocenters. The zero-order valence-electron chi connectivity index (χ0n) is 16.9. The van der Waals surface area contributed by atoms with Crippen molar-refractivity contribution in [2.24, 2.45) is 0 Å². The minimum atomic E-state index is -0.960. The molecule has 2 aliphatic rings. The third kappa shape index (κ3) is 4.70. The molecule has 1 aromatic carbocycles. The number of carboxylic acids is 1. The summed E-state index contributed by atoms with van der Waals surface area (Å²) in [4.78, 5) is 37.9. The SMILES string of the molecule is CC(C)(C)OC(=O)N1CCCC1C(=O)O.O=c1[nH]ccc2c3c(ccc12)OCC3. The summed E-state index contributed by atoms with van der Waals surface area (Å²) in [6.07, 6.45) is 3.27. The second-order valence-electron chi connectivity index (χ2n) is 8.08. The number of aromatic amines is 1. The van der Waals surface area contributed by atoms with Crippen molar-refractivity contribution in [2.75, 3.05) is 13.2 Å². The van der Waals surface area contributed by atoms with E-state index in [4.69, 9.17) is 14.6 Å². The third-order valence-electron chi connectivity index (χ3n) is 4.80. The number of benzene rings is 1. The number of amides is 1. The Labute approximate surface area is 168 Å². The normalized spacial score (nSPS) is 17.9. The van der Waals surface area contributed by atoms with E-state index in [1.165, 1.54) is 4.90 Å². The van der Waals surface area contributed by atoms with Crippen LogP contribution in [0.3, 0.4) is 0 Å². The third-order valence-corrected chi connectivity index (χ3v) is 4.80. The van der Waals surface area contributed by atoms with Crippen molar-refractivity contribution < 1.29 is 24.2 Å². The average Bonchev–Trinajstić information content (AvgIpc) is 3.30. The number of carbonyl (C=O) groups is 2. The van der Waals surface area contributed by atoms with E-state index in [-0.39, 0.29) is 5.56 Å². The number of hydrogen-bond donors (Lipinski definition) is 2. The first-order valence-electron chi connectivity index (χ1n) is 9.66. The van der Waals surface area contributed by atoms with Gasteiger partial charge in [-0.25, -0.2) is 9.59 Å². The van der Waals surface area contributed by atoms with E-state index in [9.17, 15) is 14.4 Å². The van der Waals surface area contributed by atoms with E-state index in [1.807, 2.05) is 18.2 Å². The minimum Gasteiger partial charge on any atom is -0.493 e. The number of carboxylic acid groups (broad SMARTS) is 1. The number of ether oxygens (including phenoxy) is 2. The molecule has 0 saturated carbocycles. The molecule has 8 heteroatoms. The monoisotopic (exact) mass is 402 g/mol. The minimum absolute atomic E-state index is 0.0304. The summed E-state index contributed by atoms with van der Waals surface area (Å²) in [6, 6.07) is 4.91. The molecular formula is C21H26N2O6. The van der Waals surface area contributed by atoms with Crippen LogP contribution in [0.1, 0.15) is 39.2 Å². The summed E-state index contributed by atoms with van der Waals surface area (Å²) < 4.78 is 10.6. The van der Waals surface area contributed by atoms with Gasteiger partial charge in [-0.15, -0.1) is 0 Å². The summed E-state index contributed by atoms with van der Waals surface area (Å²) in [5.41, 5.74) is 0.550. The van der Waals surface area contributed by atoms with Crippen LogP contribution >= 0.6 is 0 Å². The molecule has 1 fully saturated rings. The Kier molecular flexibility index (Phi) is 5.81. The number of rotatable bonds is 1. The summed E-state index contributed by atoms with van der Waals surface area (Å²) in [5, 5.41) is 10.6. The molecule has 0 radical (unpaired) electrons. The molecule has 8 nitrogen and oxygen atoms in total. The molecule has 2 aliphatic heterocycles. The molecule has 2 N–H and O–H groups in total. The van der Waals surface area contributed by atoms with Crippen LogP contribution in [0.5, 0.6) is 5.75 Å². The lowest BCUT2D eigenvalue weighted by Gasteiger charge is -2.26. The Balaban J connectivity index is 0.000000166. The zero-order valence-corrected chi connectivity index (χ0v) is 16.9. The molecule has 1 saturated heterocycles. The summed E-state index contributed by atoms with van der Waals surface area (Å²) in [7, 11) is 0. The van der Waals surface area contributed by atoms with E-state index < -0.39 is 23.7 Å². The maximum atomic E-state index is 11.6. The van der Waals surface area contributed by atoms with Gasteiger partial charge >= 0.3 is 12.1 Å². The number of pyridine rings is 1. The summed E-state index contributed by atoms with van der Waals surface area (Å²) in [5.74, 6) is -0.0403. The Bertz CT molecular complexity index is 975. The Morgan fingerprint density at radius 1 is 1.24 bits per heavy atom. The van der Waals surface area contributed by atoms with E-state index >= 15 is 0 Å². The highest BCUT2D eigenvalue weighted by Gasteiger charge is 2.36. The Hall–Kier alpha value is -3.03. The number of fused-ring (bicyclic) bond motifs is 3. The largest absolute Gasteiger partial charge is 0.493 e. The zero-order chi connectivity index (χ0) is 21.2. The highest BCUT2D eigenvalue weighted by atomic mass is 16.6. The molecule has 1 unspecified atom stereocenters. The number of carbonyl (C=O) groups excluding carboxylic acids is 1. The van der Waals surface area contributed by atoms with Gasteiger partial charge in [0.05, 0.1) is 6.61 Å². The van der Waals surface area contributed by atoms with Gasteiger partial charge < -0.3 is 19.6 Å². The molecule has 0 aliphatic carbocycles.